The Morgan fingerprint density at radius 3 is 2.55 bits per heavy atom. The van der Waals surface area contributed by atoms with Crippen LogP contribution in [0.1, 0.15) is 38.0 Å². The van der Waals surface area contributed by atoms with E-state index in [-0.39, 0.29) is 23.8 Å². The maximum Gasteiger partial charge on any atom is 0.339 e. The van der Waals surface area contributed by atoms with Crippen molar-refractivity contribution < 1.29 is 23.5 Å². The van der Waals surface area contributed by atoms with Crippen LogP contribution in [0.3, 0.4) is 0 Å². The van der Waals surface area contributed by atoms with Gasteiger partial charge in [-0.1, -0.05) is 0 Å². The van der Waals surface area contributed by atoms with E-state index < -0.39 is 5.97 Å². The molecule has 0 radical (unpaired) electrons. The normalized spacial score (nSPS) is 10.6. The Kier molecular flexibility index (Phi) is 3.65. The van der Waals surface area contributed by atoms with Gasteiger partial charge in [-0.15, -0.1) is 0 Å². The maximum absolute atomic E-state index is 12.1. The van der Waals surface area contributed by atoms with Crippen molar-refractivity contribution in [3.8, 4) is 0 Å². The standard InChI is InChI=1S/C14H15NO5/c1-8-4-5-19-12(8)13(16)15(3)7-10-6-11(14(17)18)9(2)20-10/h4-6H,7H2,1-3H3,(H,17,18). The van der Waals surface area contributed by atoms with Crippen molar-refractivity contribution in [1.82, 2.24) is 4.90 Å². The summed E-state index contributed by atoms with van der Waals surface area (Å²) in [5.74, 6) is -0.316. The summed E-state index contributed by atoms with van der Waals surface area (Å²) in [5.41, 5.74) is 0.860. The summed E-state index contributed by atoms with van der Waals surface area (Å²) < 4.78 is 10.5. The van der Waals surface area contributed by atoms with E-state index >= 15 is 0 Å². The van der Waals surface area contributed by atoms with Crippen molar-refractivity contribution in [3.05, 3.63) is 46.8 Å². The highest BCUT2D eigenvalue weighted by Gasteiger charge is 2.20. The second kappa shape index (κ2) is 5.24. The summed E-state index contributed by atoms with van der Waals surface area (Å²) in [6, 6.07) is 3.14. The van der Waals surface area contributed by atoms with E-state index in [2.05, 4.69) is 0 Å². The van der Waals surface area contributed by atoms with Crippen LogP contribution in [-0.4, -0.2) is 28.9 Å². The Morgan fingerprint density at radius 2 is 2.05 bits per heavy atom. The highest BCUT2D eigenvalue weighted by atomic mass is 16.4. The summed E-state index contributed by atoms with van der Waals surface area (Å²) in [6.45, 7) is 3.53. The van der Waals surface area contributed by atoms with Gasteiger partial charge in [-0.05, 0) is 26.0 Å². The second-order valence-corrected chi connectivity index (χ2v) is 4.58. The summed E-state index contributed by atoms with van der Waals surface area (Å²) in [7, 11) is 1.60. The number of carboxylic acids is 1. The topological polar surface area (TPSA) is 83.9 Å². The van der Waals surface area contributed by atoms with Crippen LogP contribution in [0, 0.1) is 13.8 Å². The molecular formula is C14H15NO5. The molecule has 2 rings (SSSR count). The molecule has 0 spiro atoms. The zero-order chi connectivity index (χ0) is 14.9. The second-order valence-electron chi connectivity index (χ2n) is 4.58. The number of hydrogen-bond acceptors (Lipinski definition) is 4. The Balaban J connectivity index is 2.14. The maximum atomic E-state index is 12.1. The molecule has 1 N–H and O–H groups in total. The Bertz CT molecular complexity index is 652. The molecule has 0 bridgehead atoms. The molecule has 0 fully saturated rings. The number of hydrogen-bond donors (Lipinski definition) is 1. The zero-order valence-electron chi connectivity index (χ0n) is 11.5. The van der Waals surface area contributed by atoms with Crippen LogP contribution in [0.2, 0.25) is 0 Å². The molecule has 20 heavy (non-hydrogen) atoms. The van der Waals surface area contributed by atoms with Crippen LogP contribution in [0.5, 0.6) is 0 Å². The molecule has 2 aromatic heterocycles. The molecule has 6 heteroatoms. The van der Waals surface area contributed by atoms with Crippen LogP contribution in [0.4, 0.5) is 0 Å². The number of carbonyl (C=O) groups is 2. The molecule has 2 aromatic rings. The largest absolute Gasteiger partial charge is 0.478 e. The first-order chi connectivity index (χ1) is 9.40. The minimum absolute atomic E-state index is 0.107. The molecule has 106 valence electrons. The number of furan rings is 2. The number of carbonyl (C=O) groups excluding carboxylic acids is 1. The predicted molar refractivity (Wildman–Crippen MR) is 69.6 cm³/mol. The first kappa shape index (κ1) is 13.9. The van der Waals surface area contributed by atoms with Crippen LogP contribution in [0.25, 0.3) is 0 Å². The smallest absolute Gasteiger partial charge is 0.339 e. The van der Waals surface area contributed by atoms with Crippen molar-refractivity contribution in [3.63, 3.8) is 0 Å². The highest BCUT2D eigenvalue weighted by molar-refractivity contribution is 5.92. The van der Waals surface area contributed by atoms with Gasteiger partial charge in [0.25, 0.3) is 5.91 Å². The minimum Gasteiger partial charge on any atom is -0.478 e. The monoisotopic (exact) mass is 277 g/mol. The van der Waals surface area contributed by atoms with Crippen molar-refractivity contribution in [2.24, 2.45) is 0 Å². The van der Waals surface area contributed by atoms with Gasteiger partial charge < -0.3 is 18.8 Å². The highest BCUT2D eigenvalue weighted by Crippen LogP contribution is 2.18. The van der Waals surface area contributed by atoms with E-state index in [1.807, 2.05) is 0 Å². The molecule has 0 aliphatic rings. The van der Waals surface area contributed by atoms with Crippen molar-refractivity contribution >= 4 is 11.9 Å². The van der Waals surface area contributed by atoms with Gasteiger partial charge in [0.2, 0.25) is 0 Å². The lowest BCUT2D eigenvalue weighted by Gasteiger charge is -2.14. The molecule has 0 atom stereocenters. The molecule has 1 amide bonds. The molecule has 0 aromatic carbocycles. The lowest BCUT2D eigenvalue weighted by Crippen LogP contribution is -2.26. The molecule has 0 aliphatic carbocycles. The predicted octanol–water partition coefficient (Wildman–Crippen LogP) is 2.46. The van der Waals surface area contributed by atoms with E-state index in [0.29, 0.717) is 11.5 Å². The van der Waals surface area contributed by atoms with E-state index in [1.54, 1.807) is 27.0 Å². The number of nitrogens with zero attached hydrogens (tertiary/aromatic N) is 1. The molecule has 0 saturated heterocycles. The van der Waals surface area contributed by atoms with Gasteiger partial charge in [0.05, 0.1) is 12.8 Å². The molecule has 6 nitrogen and oxygen atoms in total. The van der Waals surface area contributed by atoms with Crippen molar-refractivity contribution in [2.75, 3.05) is 7.05 Å². The van der Waals surface area contributed by atoms with Gasteiger partial charge in [0, 0.05) is 12.6 Å². The van der Waals surface area contributed by atoms with E-state index in [1.165, 1.54) is 17.2 Å². The zero-order valence-corrected chi connectivity index (χ0v) is 11.5. The fraction of sp³-hybridized carbons (Fsp3) is 0.286. The Hall–Kier alpha value is -2.50. The van der Waals surface area contributed by atoms with Gasteiger partial charge in [-0.3, -0.25) is 4.79 Å². The van der Waals surface area contributed by atoms with Crippen LogP contribution in [-0.2, 0) is 6.54 Å². The van der Waals surface area contributed by atoms with Crippen molar-refractivity contribution in [2.45, 2.75) is 20.4 Å². The molecular weight excluding hydrogens is 262 g/mol. The van der Waals surface area contributed by atoms with Crippen LogP contribution in [0.15, 0.2) is 27.2 Å². The molecule has 0 unspecified atom stereocenters. The average Bonchev–Trinajstić information content (AvgIpc) is 2.94. The van der Waals surface area contributed by atoms with Gasteiger partial charge in [0.15, 0.2) is 5.76 Å². The summed E-state index contributed by atoms with van der Waals surface area (Å²) >= 11 is 0. The van der Waals surface area contributed by atoms with Gasteiger partial charge in [-0.2, -0.15) is 0 Å². The third-order valence-electron chi connectivity index (χ3n) is 3.00. The Labute approximate surface area is 115 Å². The third kappa shape index (κ3) is 2.59. The first-order valence-corrected chi connectivity index (χ1v) is 6.02. The number of amides is 1. The lowest BCUT2D eigenvalue weighted by molar-refractivity contribution is 0.0693. The van der Waals surface area contributed by atoms with Crippen LogP contribution >= 0.6 is 0 Å². The van der Waals surface area contributed by atoms with Gasteiger partial charge in [0.1, 0.15) is 17.1 Å². The van der Waals surface area contributed by atoms with Crippen LogP contribution < -0.4 is 0 Å². The summed E-state index contributed by atoms with van der Waals surface area (Å²) in [5, 5.41) is 8.95. The molecule has 0 aliphatic heterocycles. The van der Waals surface area contributed by atoms with Crippen molar-refractivity contribution in [1.29, 1.82) is 0 Å². The van der Waals surface area contributed by atoms with Gasteiger partial charge >= 0.3 is 5.97 Å². The van der Waals surface area contributed by atoms with E-state index in [0.717, 1.165) is 5.56 Å². The summed E-state index contributed by atoms with van der Waals surface area (Å²) in [6.07, 6.45) is 1.45. The average molecular weight is 277 g/mol. The number of carboxylic acid groups (broad SMARTS) is 1. The first-order valence-electron chi connectivity index (χ1n) is 6.02. The fourth-order valence-electron chi connectivity index (χ4n) is 1.90. The fourth-order valence-corrected chi connectivity index (χ4v) is 1.90. The number of aromatic carboxylic acids is 1. The quantitative estimate of drug-likeness (QED) is 0.928. The number of aryl methyl sites for hydroxylation is 2. The third-order valence-corrected chi connectivity index (χ3v) is 3.00. The van der Waals surface area contributed by atoms with Gasteiger partial charge in [-0.25, -0.2) is 4.79 Å². The number of rotatable bonds is 4. The molecule has 0 saturated carbocycles. The Morgan fingerprint density at radius 1 is 1.35 bits per heavy atom. The SMILES string of the molecule is Cc1ccoc1C(=O)N(C)Cc1cc(C(=O)O)c(C)o1. The lowest BCUT2D eigenvalue weighted by atomic mass is 10.2. The van der Waals surface area contributed by atoms with E-state index in [4.69, 9.17) is 13.9 Å². The molecule has 2 heterocycles. The van der Waals surface area contributed by atoms with E-state index in [9.17, 15) is 9.59 Å². The summed E-state index contributed by atoms with van der Waals surface area (Å²) in [4.78, 5) is 24.5. The minimum atomic E-state index is -1.05.